The van der Waals surface area contributed by atoms with Crippen molar-refractivity contribution in [2.24, 2.45) is 0 Å². The zero-order chi connectivity index (χ0) is 16.7. The summed E-state index contributed by atoms with van der Waals surface area (Å²) in [5, 5.41) is 0. The van der Waals surface area contributed by atoms with Crippen molar-refractivity contribution >= 4 is 33.1 Å². The van der Waals surface area contributed by atoms with Gasteiger partial charge in [-0.2, -0.15) is 0 Å². The summed E-state index contributed by atoms with van der Waals surface area (Å²) in [4.78, 5) is 17.9. The average Bonchev–Trinajstić information content (AvgIpc) is 3.10. The molecule has 1 aromatic carbocycles. The Morgan fingerprint density at radius 2 is 2.22 bits per heavy atom. The minimum atomic E-state index is -0.335. The topological polar surface area (TPSA) is 47.4 Å². The summed E-state index contributed by atoms with van der Waals surface area (Å²) in [6.45, 7) is 5.28. The number of methoxy groups -OCH3 is 1. The highest BCUT2D eigenvalue weighted by Gasteiger charge is 2.32. The van der Waals surface area contributed by atoms with Gasteiger partial charge in [-0.15, -0.1) is 0 Å². The van der Waals surface area contributed by atoms with Gasteiger partial charge in [0.15, 0.2) is 5.82 Å². The number of aromatic nitrogens is 2. The fourth-order valence-corrected chi connectivity index (χ4v) is 3.65. The van der Waals surface area contributed by atoms with E-state index in [1.165, 1.54) is 13.2 Å². The second kappa shape index (κ2) is 6.11. The molecular formula is C16H19BrFN3O2. The van der Waals surface area contributed by atoms with E-state index in [2.05, 4.69) is 39.3 Å². The lowest BCUT2D eigenvalue weighted by atomic mass is 10.1. The van der Waals surface area contributed by atoms with Crippen LogP contribution in [-0.4, -0.2) is 40.7 Å². The normalized spacial score (nSPS) is 18.2. The summed E-state index contributed by atoms with van der Waals surface area (Å²) in [5.74, 6) is 0.582. The molecule has 23 heavy (non-hydrogen) atoms. The third-order valence-corrected chi connectivity index (χ3v) is 4.70. The Balaban J connectivity index is 2.06. The van der Waals surface area contributed by atoms with E-state index in [1.807, 2.05) is 6.07 Å². The van der Waals surface area contributed by atoms with Crippen LogP contribution in [0.3, 0.4) is 0 Å². The standard InChI is InChI=1S/C16H19BrFN3O2/c1-9(2)21-13-7-11(17)6-12(18)14(13)19-15(21)10-4-5-20(8-10)16(22)23-3/h6-7,9-10H,4-5,8H2,1-3H3/t10-/m1/s1. The van der Waals surface area contributed by atoms with Crippen LogP contribution in [0.4, 0.5) is 9.18 Å². The van der Waals surface area contributed by atoms with Crippen molar-refractivity contribution in [3.05, 3.63) is 28.2 Å². The van der Waals surface area contributed by atoms with Crippen LogP contribution >= 0.6 is 15.9 Å². The molecule has 1 saturated heterocycles. The molecular weight excluding hydrogens is 365 g/mol. The van der Waals surface area contributed by atoms with E-state index in [1.54, 1.807) is 4.90 Å². The molecule has 1 aliphatic heterocycles. The Morgan fingerprint density at radius 1 is 1.48 bits per heavy atom. The summed E-state index contributed by atoms with van der Waals surface area (Å²) in [7, 11) is 1.38. The molecule has 0 N–H and O–H groups in total. The monoisotopic (exact) mass is 383 g/mol. The Labute approximate surface area is 142 Å². The van der Waals surface area contributed by atoms with E-state index >= 15 is 0 Å². The number of imidazole rings is 1. The number of carbonyl (C=O) groups is 1. The number of benzene rings is 1. The highest BCUT2D eigenvalue weighted by Crippen LogP contribution is 2.34. The first kappa shape index (κ1) is 16.2. The summed E-state index contributed by atoms with van der Waals surface area (Å²) >= 11 is 3.35. The second-order valence-electron chi connectivity index (χ2n) is 6.09. The summed E-state index contributed by atoms with van der Waals surface area (Å²) in [6.07, 6.45) is 0.474. The van der Waals surface area contributed by atoms with Gasteiger partial charge >= 0.3 is 6.09 Å². The molecule has 1 atom stereocenters. The van der Waals surface area contributed by atoms with E-state index in [4.69, 9.17) is 4.74 Å². The molecule has 0 saturated carbocycles. The largest absolute Gasteiger partial charge is 0.453 e. The van der Waals surface area contributed by atoms with Crippen molar-refractivity contribution in [3.8, 4) is 0 Å². The van der Waals surface area contributed by atoms with Gasteiger partial charge in [0.1, 0.15) is 11.3 Å². The lowest BCUT2D eigenvalue weighted by Crippen LogP contribution is -2.28. The molecule has 1 amide bonds. The quantitative estimate of drug-likeness (QED) is 0.784. The van der Waals surface area contributed by atoms with Gasteiger partial charge in [-0.05, 0) is 32.4 Å². The van der Waals surface area contributed by atoms with Crippen molar-refractivity contribution < 1.29 is 13.9 Å². The van der Waals surface area contributed by atoms with E-state index in [0.717, 1.165) is 17.8 Å². The van der Waals surface area contributed by atoms with E-state index < -0.39 is 0 Å². The molecule has 1 aliphatic rings. The van der Waals surface area contributed by atoms with Gasteiger partial charge in [-0.25, -0.2) is 14.2 Å². The second-order valence-corrected chi connectivity index (χ2v) is 7.01. The number of amides is 1. The predicted molar refractivity (Wildman–Crippen MR) is 89.1 cm³/mol. The first-order valence-corrected chi connectivity index (χ1v) is 8.41. The summed E-state index contributed by atoms with van der Waals surface area (Å²) in [6, 6.07) is 3.47. The number of nitrogens with zero attached hydrogens (tertiary/aromatic N) is 3. The number of halogens is 2. The Bertz CT molecular complexity index is 759. The first-order chi connectivity index (χ1) is 10.9. The Kier molecular flexibility index (Phi) is 4.31. The number of carbonyl (C=O) groups excluding carboxylic acids is 1. The van der Waals surface area contributed by atoms with Gasteiger partial charge < -0.3 is 14.2 Å². The number of ether oxygens (including phenoxy) is 1. The SMILES string of the molecule is COC(=O)N1CC[C@@H](c2nc3c(F)cc(Br)cc3n2C(C)C)C1. The summed E-state index contributed by atoms with van der Waals surface area (Å²) in [5.41, 5.74) is 1.16. The lowest BCUT2D eigenvalue weighted by molar-refractivity contribution is 0.132. The molecule has 0 bridgehead atoms. The number of likely N-dealkylation sites (tertiary alicyclic amines) is 1. The molecule has 2 heterocycles. The molecule has 0 aliphatic carbocycles. The van der Waals surface area contributed by atoms with Crippen LogP contribution in [0, 0.1) is 5.82 Å². The predicted octanol–water partition coefficient (Wildman–Crippen LogP) is 4.07. The van der Waals surface area contributed by atoms with Crippen molar-refractivity contribution in [3.63, 3.8) is 0 Å². The van der Waals surface area contributed by atoms with Crippen molar-refractivity contribution in [1.82, 2.24) is 14.5 Å². The van der Waals surface area contributed by atoms with Crippen LogP contribution in [0.1, 0.15) is 38.1 Å². The lowest BCUT2D eigenvalue weighted by Gasteiger charge is -2.18. The maximum atomic E-state index is 14.3. The highest BCUT2D eigenvalue weighted by molar-refractivity contribution is 9.10. The van der Waals surface area contributed by atoms with Gasteiger partial charge in [0.2, 0.25) is 0 Å². The van der Waals surface area contributed by atoms with Crippen molar-refractivity contribution in [1.29, 1.82) is 0 Å². The van der Waals surface area contributed by atoms with Gasteiger partial charge in [0.05, 0.1) is 12.6 Å². The van der Waals surface area contributed by atoms with Crippen LogP contribution in [0.5, 0.6) is 0 Å². The van der Waals surface area contributed by atoms with Crippen LogP contribution in [0.15, 0.2) is 16.6 Å². The average molecular weight is 384 g/mol. The van der Waals surface area contributed by atoms with Gasteiger partial charge in [0, 0.05) is 29.5 Å². The molecule has 124 valence electrons. The molecule has 0 radical (unpaired) electrons. The molecule has 2 aromatic rings. The maximum Gasteiger partial charge on any atom is 0.409 e. The smallest absolute Gasteiger partial charge is 0.409 e. The number of fused-ring (bicyclic) bond motifs is 1. The van der Waals surface area contributed by atoms with Gasteiger partial charge in [0.25, 0.3) is 0 Å². The highest BCUT2D eigenvalue weighted by atomic mass is 79.9. The molecule has 0 spiro atoms. The molecule has 1 fully saturated rings. The molecule has 3 rings (SSSR count). The third-order valence-electron chi connectivity index (χ3n) is 4.24. The number of hydrogen-bond donors (Lipinski definition) is 0. The first-order valence-electron chi connectivity index (χ1n) is 7.62. The van der Waals surface area contributed by atoms with E-state index in [9.17, 15) is 9.18 Å². The minimum absolute atomic E-state index is 0.0853. The van der Waals surface area contributed by atoms with E-state index in [-0.39, 0.29) is 23.9 Å². The Morgan fingerprint density at radius 3 is 2.87 bits per heavy atom. The van der Waals surface area contributed by atoms with Gasteiger partial charge in [-0.3, -0.25) is 0 Å². The van der Waals surface area contributed by atoms with Crippen LogP contribution in [0.25, 0.3) is 11.0 Å². The zero-order valence-corrected chi connectivity index (χ0v) is 14.9. The summed E-state index contributed by atoms with van der Waals surface area (Å²) < 4.78 is 21.8. The number of rotatable bonds is 2. The van der Waals surface area contributed by atoms with Crippen molar-refractivity contribution in [2.75, 3.05) is 20.2 Å². The van der Waals surface area contributed by atoms with Crippen LogP contribution in [-0.2, 0) is 4.74 Å². The molecule has 5 nitrogen and oxygen atoms in total. The maximum absolute atomic E-state index is 14.3. The molecule has 0 unspecified atom stereocenters. The fourth-order valence-electron chi connectivity index (χ4n) is 3.24. The fraction of sp³-hybridized carbons (Fsp3) is 0.500. The Hall–Kier alpha value is -1.63. The van der Waals surface area contributed by atoms with Crippen LogP contribution in [0.2, 0.25) is 0 Å². The van der Waals surface area contributed by atoms with Crippen molar-refractivity contribution in [2.45, 2.75) is 32.2 Å². The third kappa shape index (κ3) is 2.82. The van der Waals surface area contributed by atoms with Gasteiger partial charge in [-0.1, -0.05) is 15.9 Å². The number of hydrogen-bond acceptors (Lipinski definition) is 3. The molecule has 7 heteroatoms. The minimum Gasteiger partial charge on any atom is -0.453 e. The van der Waals surface area contributed by atoms with E-state index in [0.29, 0.717) is 23.1 Å². The molecule has 1 aromatic heterocycles. The zero-order valence-electron chi connectivity index (χ0n) is 13.3. The van der Waals surface area contributed by atoms with Crippen LogP contribution < -0.4 is 0 Å².